The molecular formula is C13H21ClN2O. The minimum atomic E-state index is 0.475. The second-order valence-corrected chi connectivity index (χ2v) is 4.69. The lowest BCUT2D eigenvalue weighted by molar-refractivity contribution is 0.0873. The summed E-state index contributed by atoms with van der Waals surface area (Å²) < 4.78 is 5.64. The van der Waals surface area contributed by atoms with Crippen LogP contribution in [-0.2, 0) is 11.3 Å². The number of anilines is 1. The van der Waals surface area contributed by atoms with Gasteiger partial charge in [0.2, 0.25) is 0 Å². The van der Waals surface area contributed by atoms with Gasteiger partial charge in [-0.2, -0.15) is 0 Å². The predicted octanol–water partition coefficient (Wildman–Crippen LogP) is 3.73. The number of nitrogens with zero attached hydrogens (tertiary/aromatic N) is 1. The van der Waals surface area contributed by atoms with E-state index in [0.717, 1.165) is 18.1 Å². The van der Waals surface area contributed by atoms with Crippen LogP contribution in [0.4, 0.5) is 5.82 Å². The normalized spacial score (nSPS) is 12.5. The van der Waals surface area contributed by atoms with Gasteiger partial charge in [-0.05, 0) is 24.5 Å². The van der Waals surface area contributed by atoms with Gasteiger partial charge in [-0.15, -0.1) is 0 Å². The molecule has 1 atom stereocenters. The summed E-state index contributed by atoms with van der Waals surface area (Å²) in [6.07, 6.45) is 2.39. The average molecular weight is 257 g/mol. The van der Waals surface area contributed by atoms with Crippen molar-refractivity contribution in [3.63, 3.8) is 0 Å². The van der Waals surface area contributed by atoms with E-state index >= 15 is 0 Å². The summed E-state index contributed by atoms with van der Waals surface area (Å²) >= 11 is 6.06. The molecule has 0 fully saturated rings. The Morgan fingerprint density at radius 1 is 1.47 bits per heavy atom. The third kappa shape index (κ3) is 4.92. The number of aromatic nitrogens is 1. The molecule has 3 nitrogen and oxygen atoms in total. The standard InChI is InChI=1S/C13H21ClN2O/c1-4-5-10(2)8-17-9-12-11(14)6-7-13(15-3)16-12/h6-7,10H,4-5,8-9H2,1-3H3,(H,15,16). The fourth-order valence-electron chi connectivity index (χ4n) is 1.66. The molecular weight excluding hydrogens is 236 g/mol. The Hall–Kier alpha value is -0.800. The van der Waals surface area contributed by atoms with Crippen molar-refractivity contribution in [2.45, 2.75) is 33.3 Å². The number of hydrogen-bond donors (Lipinski definition) is 1. The molecule has 4 heteroatoms. The van der Waals surface area contributed by atoms with E-state index in [1.807, 2.05) is 19.2 Å². The van der Waals surface area contributed by atoms with Crippen LogP contribution < -0.4 is 5.32 Å². The molecule has 0 spiro atoms. The van der Waals surface area contributed by atoms with Gasteiger partial charge >= 0.3 is 0 Å². The molecule has 0 radical (unpaired) electrons. The van der Waals surface area contributed by atoms with Crippen LogP contribution in [0, 0.1) is 5.92 Å². The Morgan fingerprint density at radius 3 is 2.88 bits per heavy atom. The van der Waals surface area contributed by atoms with E-state index in [4.69, 9.17) is 16.3 Å². The number of hydrogen-bond acceptors (Lipinski definition) is 3. The summed E-state index contributed by atoms with van der Waals surface area (Å²) in [7, 11) is 1.84. The van der Waals surface area contributed by atoms with Crippen LogP contribution in [-0.4, -0.2) is 18.6 Å². The summed E-state index contributed by atoms with van der Waals surface area (Å²) in [5.41, 5.74) is 0.794. The highest BCUT2D eigenvalue weighted by molar-refractivity contribution is 6.31. The lowest BCUT2D eigenvalue weighted by atomic mass is 10.1. The van der Waals surface area contributed by atoms with Crippen LogP contribution in [0.1, 0.15) is 32.4 Å². The molecule has 0 aliphatic carbocycles. The zero-order chi connectivity index (χ0) is 12.7. The fraction of sp³-hybridized carbons (Fsp3) is 0.615. The van der Waals surface area contributed by atoms with Crippen molar-refractivity contribution in [2.75, 3.05) is 19.0 Å². The van der Waals surface area contributed by atoms with E-state index in [0.29, 0.717) is 17.5 Å². The van der Waals surface area contributed by atoms with Gasteiger partial charge in [0, 0.05) is 13.7 Å². The molecule has 0 amide bonds. The molecule has 1 unspecified atom stereocenters. The monoisotopic (exact) mass is 256 g/mol. The molecule has 0 aliphatic rings. The minimum Gasteiger partial charge on any atom is -0.375 e. The highest BCUT2D eigenvalue weighted by Gasteiger charge is 2.05. The number of pyridine rings is 1. The molecule has 1 N–H and O–H groups in total. The first kappa shape index (κ1) is 14.3. The first-order valence-electron chi connectivity index (χ1n) is 6.08. The van der Waals surface area contributed by atoms with Crippen LogP contribution in [0.25, 0.3) is 0 Å². The lowest BCUT2D eigenvalue weighted by Gasteiger charge is -2.11. The molecule has 0 saturated carbocycles. The van der Waals surface area contributed by atoms with Crippen LogP contribution in [0.15, 0.2) is 12.1 Å². The molecule has 1 heterocycles. The quantitative estimate of drug-likeness (QED) is 0.807. The number of ether oxygens (including phenoxy) is 1. The molecule has 1 aromatic rings. The number of nitrogens with one attached hydrogen (secondary N) is 1. The molecule has 0 aliphatic heterocycles. The maximum atomic E-state index is 6.06. The van der Waals surface area contributed by atoms with Gasteiger partial charge in [-0.1, -0.05) is 31.9 Å². The highest BCUT2D eigenvalue weighted by atomic mass is 35.5. The van der Waals surface area contributed by atoms with Gasteiger partial charge in [0.1, 0.15) is 5.82 Å². The summed E-state index contributed by atoms with van der Waals surface area (Å²) in [5.74, 6) is 1.40. The summed E-state index contributed by atoms with van der Waals surface area (Å²) in [4.78, 5) is 4.37. The summed E-state index contributed by atoms with van der Waals surface area (Å²) in [6, 6.07) is 3.69. The van der Waals surface area contributed by atoms with Crippen molar-refractivity contribution >= 4 is 17.4 Å². The van der Waals surface area contributed by atoms with Gasteiger partial charge in [0.15, 0.2) is 0 Å². The zero-order valence-corrected chi connectivity index (χ0v) is 11.5. The molecule has 1 aromatic heterocycles. The van der Waals surface area contributed by atoms with Crippen LogP contribution >= 0.6 is 11.6 Å². The molecule has 96 valence electrons. The van der Waals surface area contributed by atoms with Gasteiger partial charge < -0.3 is 10.1 Å². The van der Waals surface area contributed by atoms with Crippen molar-refractivity contribution in [2.24, 2.45) is 5.92 Å². The van der Waals surface area contributed by atoms with E-state index in [9.17, 15) is 0 Å². The Kier molecular flexibility index (Phi) is 6.30. The van der Waals surface area contributed by atoms with Gasteiger partial charge in [0.25, 0.3) is 0 Å². The molecule has 0 saturated heterocycles. The fourth-order valence-corrected chi connectivity index (χ4v) is 1.82. The predicted molar refractivity (Wildman–Crippen MR) is 72.5 cm³/mol. The van der Waals surface area contributed by atoms with E-state index in [1.165, 1.54) is 12.8 Å². The second-order valence-electron chi connectivity index (χ2n) is 4.28. The lowest BCUT2D eigenvalue weighted by Crippen LogP contribution is -2.07. The van der Waals surface area contributed by atoms with Crippen molar-refractivity contribution in [3.05, 3.63) is 22.8 Å². The first-order valence-corrected chi connectivity index (χ1v) is 6.46. The van der Waals surface area contributed by atoms with Crippen molar-refractivity contribution in [1.82, 2.24) is 4.98 Å². The Labute approximate surface area is 109 Å². The second kappa shape index (κ2) is 7.51. The topological polar surface area (TPSA) is 34.1 Å². The van der Waals surface area contributed by atoms with Crippen LogP contribution in [0.2, 0.25) is 5.02 Å². The highest BCUT2D eigenvalue weighted by Crippen LogP contribution is 2.17. The van der Waals surface area contributed by atoms with Crippen molar-refractivity contribution < 1.29 is 4.74 Å². The van der Waals surface area contributed by atoms with Gasteiger partial charge in [-0.25, -0.2) is 4.98 Å². The van der Waals surface area contributed by atoms with E-state index < -0.39 is 0 Å². The van der Waals surface area contributed by atoms with Crippen molar-refractivity contribution in [1.29, 1.82) is 0 Å². The SMILES string of the molecule is CCCC(C)COCc1nc(NC)ccc1Cl. The smallest absolute Gasteiger partial charge is 0.126 e. The van der Waals surface area contributed by atoms with Gasteiger partial charge in [0.05, 0.1) is 17.3 Å². The van der Waals surface area contributed by atoms with E-state index in [2.05, 4.69) is 24.1 Å². The Morgan fingerprint density at radius 2 is 2.24 bits per heavy atom. The summed E-state index contributed by atoms with van der Waals surface area (Å²) in [6.45, 7) is 5.62. The maximum Gasteiger partial charge on any atom is 0.126 e. The Balaban J connectivity index is 2.45. The average Bonchev–Trinajstić information content (AvgIpc) is 2.32. The third-order valence-corrected chi connectivity index (χ3v) is 2.94. The number of rotatable bonds is 7. The molecule has 1 rings (SSSR count). The maximum absolute atomic E-state index is 6.06. The first-order chi connectivity index (χ1) is 8.17. The largest absolute Gasteiger partial charge is 0.375 e. The molecule has 0 aromatic carbocycles. The van der Waals surface area contributed by atoms with Gasteiger partial charge in [-0.3, -0.25) is 0 Å². The molecule has 0 bridgehead atoms. The molecule has 17 heavy (non-hydrogen) atoms. The van der Waals surface area contributed by atoms with E-state index in [1.54, 1.807) is 0 Å². The summed E-state index contributed by atoms with van der Waals surface area (Å²) in [5, 5.41) is 3.65. The van der Waals surface area contributed by atoms with E-state index in [-0.39, 0.29) is 0 Å². The minimum absolute atomic E-state index is 0.475. The van der Waals surface area contributed by atoms with Crippen molar-refractivity contribution in [3.8, 4) is 0 Å². The Bertz CT molecular complexity index is 344. The van der Waals surface area contributed by atoms with Crippen LogP contribution in [0.5, 0.6) is 0 Å². The zero-order valence-electron chi connectivity index (χ0n) is 10.8. The number of halogens is 1. The third-order valence-electron chi connectivity index (χ3n) is 2.60. The van der Waals surface area contributed by atoms with Crippen LogP contribution in [0.3, 0.4) is 0 Å².